The van der Waals surface area contributed by atoms with Crippen LogP contribution in [0.15, 0.2) is 59.9 Å². The SMILES string of the molecule is COC(=O)C1C2CCC(CC2)C1Nc1nc(-c2cn(S(=O)(=O)c3ccc(C)cc3)c3ncc(F)cc23)nc2c1ccn2C(C)C. The maximum absolute atomic E-state index is 14.7. The first-order chi connectivity index (χ1) is 21.6. The number of anilines is 1. The second-order valence-electron chi connectivity index (χ2n) is 12.5. The molecule has 234 valence electrons. The average Bonchev–Trinajstić information content (AvgIpc) is 3.64. The molecule has 0 aliphatic heterocycles. The standard InChI is InChI=1S/C33H35FN6O4S/c1-18(2)39-14-13-24-29(36-28-21-9-7-20(8-10-21)27(28)33(41)44-4)37-30(38-32(24)39)26-17-40(31-25(26)15-22(34)16-35-31)45(42,43)23-11-5-19(3)6-12-23/h5-6,11-18,20-21,27-28H,7-10H2,1-4H3,(H,36,37,38). The number of benzene rings is 1. The lowest BCUT2D eigenvalue weighted by atomic mass is 9.61. The van der Waals surface area contributed by atoms with Crippen molar-refractivity contribution in [2.24, 2.45) is 17.8 Å². The van der Waals surface area contributed by atoms with Gasteiger partial charge in [-0.25, -0.2) is 31.7 Å². The van der Waals surface area contributed by atoms with E-state index in [9.17, 15) is 17.6 Å². The molecular weight excluding hydrogens is 595 g/mol. The fourth-order valence-electron chi connectivity index (χ4n) is 7.21. The molecule has 0 radical (unpaired) electrons. The number of halogens is 1. The maximum atomic E-state index is 14.7. The number of esters is 1. The Hall–Kier alpha value is -4.32. The number of ether oxygens (including phenoxy) is 1. The van der Waals surface area contributed by atoms with Crippen LogP contribution in [0.25, 0.3) is 33.5 Å². The molecule has 0 spiro atoms. The van der Waals surface area contributed by atoms with Crippen LogP contribution in [-0.2, 0) is 19.6 Å². The van der Waals surface area contributed by atoms with Gasteiger partial charge in [0, 0.05) is 35.4 Å². The van der Waals surface area contributed by atoms with Crippen LogP contribution >= 0.6 is 0 Å². The zero-order chi connectivity index (χ0) is 31.6. The molecule has 45 heavy (non-hydrogen) atoms. The van der Waals surface area contributed by atoms with E-state index in [1.165, 1.54) is 31.5 Å². The van der Waals surface area contributed by atoms with E-state index >= 15 is 0 Å². The number of fused-ring (bicyclic) bond motifs is 5. The predicted molar refractivity (Wildman–Crippen MR) is 169 cm³/mol. The monoisotopic (exact) mass is 630 g/mol. The van der Waals surface area contributed by atoms with Gasteiger partial charge in [-0.05, 0) is 82.6 Å². The number of nitrogens with one attached hydrogen (secondary N) is 1. The fraction of sp³-hybridized carbons (Fsp3) is 0.394. The zero-order valence-corrected chi connectivity index (χ0v) is 26.4. The number of nitrogens with zero attached hydrogens (tertiary/aromatic N) is 5. The number of aryl methyl sites for hydroxylation is 1. The van der Waals surface area contributed by atoms with Crippen LogP contribution < -0.4 is 5.32 Å². The van der Waals surface area contributed by atoms with Crippen LogP contribution in [0.3, 0.4) is 0 Å². The third-order valence-electron chi connectivity index (χ3n) is 9.52. The molecule has 3 aliphatic carbocycles. The topological polar surface area (TPSA) is 121 Å². The van der Waals surface area contributed by atoms with Gasteiger partial charge in [-0.2, -0.15) is 0 Å². The highest BCUT2D eigenvalue weighted by Crippen LogP contribution is 2.47. The van der Waals surface area contributed by atoms with Gasteiger partial charge in [-0.1, -0.05) is 17.7 Å². The summed E-state index contributed by atoms with van der Waals surface area (Å²) in [5, 5.41) is 4.67. The van der Waals surface area contributed by atoms with Crippen molar-refractivity contribution in [2.45, 2.75) is 63.4 Å². The lowest BCUT2D eigenvalue weighted by molar-refractivity contribution is -0.152. The van der Waals surface area contributed by atoms with Crippen molar-refractivity contribution in [3.05, 3.63) is 66.4 Å². The molecule has 2 bridgehead atoms. The molecule has 2 unspecified atom stereocenters. The van der Waals surface area contributed by atoms with E-state index in [0.29, 0.717) is 17.0 Å². The molecule has 5 aromatic rings. The van der Waals surface area contributed by atoms with E-state index in [2.05, 4.69) is 10.3 Å². The molecule has 12 heteroatoms. The van der Waals surface area contributed by atoms with Crippen LogP contribution in [0.1, 0.15) is 51.1 Å². The first kappa shape index (κ1) is 29.4. The quantitative estimate of drug-likeness (QED) is 0.214. The summed E-state index contributed by atoms with van der Waals surface area (Å²) in [6.07, 6.45) is 8.36. The van der Waals surface area contributed by atoms with Gasteiger partial charge >= 0.3 is 5.97 Å². The smallest absolute Gasteiger partial charge is 0.311 e. The van der Waals surface area contributed by atoms with Crippen LogP contribution in [0.2, 0.25) is 0 Å². The summed E-state index contributed by atoms with van der Waals surface area (Å²) in [7, 11) is -2.66. The Morgan fingerprint density at radius 1 is 1.02 bits per heavy atom. The maximum Gasteiger partial charge on any atom is 0.311 e. The first-order valence-electron chi connectivity index (χ1n) is 15.3. The third kappa shape index (κ3) is 4.86. The minimum atomic E-state index is -4.09. The minimum absolute atomic E-state index is 0.0639. The van der Waals surface area contributed by atoms with Gasteiger partial charge in [-0.15, -0.1) is 0 Å². The normalized spacial score (nSPS) is 21.6. The molecule has 3 saturated carbocycles. The number of hydrogen-bond donors (Lipinski definition) is 1. The van der Waals surface area contributed by atoms with Crippen LogP contribution in [-0.4, -0.2) is 51.0 Å². The Kier molecular flexibility index (Phi) is 7.14. The highest BCUT2D eigenvalue weighted by Gasteiger charge is 2.48. The number of rotatable bonds is 7. The van der Waals surface area contributed by atoms with Crippen molar-refractivity contribution in [1.29, 1.82) is 0 Å². The van der Waals surface area contributed by atoms with E-state index in [1.54, 1.807) is 12.1 Å². The van der Waals surface area contributed by atoms with Gasteiger partial charge in [0.1, 0.15) is 17.3 Å². The largest absolute Gasteiger partial charge is 0.469 e. The van der Waals surface area contributed by atoms with Crippen molar-refractivity contribution < 1.29 is 22.3 Å². The third-order valence-corrected chi connectivity index (χ3v) is 11.2. The van der Waals surface area contributed by atoms with Crippen molar-refractivity contribution in [3.8, 4) is 11.4 Å². The number of pyridine rings is 1. The molecule has 1 N–H and O–H groups in total. The molecule has 4 heterocycles. The summed E-state index contributed by atoms with van der Waals surface area (Å²) in [6, 6.07) is 9.61. The number of carbonyl (C=O) groups is 1. The van der Waals surface area contributed by atoms with Gasteiger partial charge in [0.2, 0.25) is 0 Å². The van der Waals surface area contributed by atoms with Crippen molar-refractivity contribution >= 4 is 43.9 Å². The van der Waals surface area contributed by atoms with Gasteiger partial charge in [0.15, 0.2) is 11.5 Å². The number of methoxy groups -OCH3 is 1. The zero-order valence-electron chi connectivity index (χ0n) is 25.6. The lowest BCUT2D eigenvalue weighted by Gasteiger charge is -2.47. The van der Waals surface area contributed by atoms with Gasteiger partial charge in [0.05, 0.1) is 29.5 Å². The van der Waals surface area contributed by atoms with Gasteiger partial charge in [0.25, 0.3) is 10.0 Å². The average molecular weight is 631 g/mol. The second-order valence-corrected chi connectivity index (χ2v) is 14.3. The van der Waals surface area contributed by atoms with E-state index in [0.717, 1.165) is 46.8 Å². The van der Waals surface area contributed by atoms with E-state index < -0.39 is 15.8 Å². The minimum Gasteiger partial charge on any atom is -0.469 e. The molecule has 0 saturated heterocycles. The summed E-state index contributed by atoms with van der Waals surface area (Å²) in [6.45, 7) is 5.96. The first-order valence-corrected chi connectivity index (χ1v) is 16.7. The van der Waals surface area contributed by atoms with Crippen molar-refractivity contribution in [2.75, 3.05) is 12.4 Å². The molecule has 1 aromatic carbocycles. The number of carbonyl (C=O) groups excluding carboxylic acids is 1. The summed E-state index contributed by atoms with van der Waals surface area (Å²) in [5.74, 6) is 0.124. The molecule has 8 rings (SSSR count). The Labute approximate surface area is 260 Å². The number of hydrogen-bond acceptors (Lipinski definition) is 8. The molecular formula is C33H35FN6O4S. The van der Waals surface area contributed by atoms with Gasteiger partial charge in [-0.3, -0.25) is 4.79 Å². The summed E-state index contributed by atoms with van der Waals surface area (Å²) in [5.41, 5.74) is 1.95. The Bertz CT molecular complexity index is 2050. The summed E-state index contributed by atoms with van der Waals surface area (Å²) < 4.78 is 50.7. The molecule has 0 amide bonds. The summed E-state index contributed by atoms with van der Waals surface area (Å²) >= 11 is 0. The highest BCUT2D eigenvalue weighted by atomic mass is 32.2. The van der Waals surface area contributed by atoms with Gasteiger partial charge < -0.3 is 14.6 Å². The molecule has 4 aromatic heterocycles. The Balaban J connectivity index is 1.42. The van der Waals surface area contributed by atoms with Crippen molar-refractivity contribution in [3.63, 3.8) is 0 Å². The molecule has 3 aliphatic rings. The Morgan fingerprint density at radius 3 is 2.42 bits per heavy atom. The van der Waals surface area contributed by atoms with Crippen LogP contribution in [0, 0.1) is 30.5 Å². The highest BCUT2D eigenvalue weighted by molar-refractivity contribution is 7.90. The van der Waals surface area contributed by atoms with E-state index in [-0.39, 0.29) is 57.6 Å². The van der Waals surface area contributed by atoms with Crippen LogP contribution in [0.5, 0.6) is 0 Å². The summed E-state index contributed by atoms with van der Waals surface area (Å²) in [4.78, 5) is 27.2. The molecule has 3 fully saturated rings. The van der Waals surface area contributed by atoms with Crippen molar-refractivity contribution in [1.82, 2.24) is 23.5 Å². The predicted octanol–water partition coefficient (Wildman–Crippen LogP) is 6.10. The fourth-order valence-corrected chi connectivity index (χ4v) is 8.53. The Morgan fingerprint density at radius 2 is 1.73 bits per heavy atom. The second kappa shape index (κ2) is 10.9. The lowest BCUT2D eigenvalue weighted by Crippen LogP contribution is -2.51. The van der Waals surface area contributed by atoms with Crippen LogP contribution in [0.4, 0.5) is 10.2 Å². The van der Waals surface area contributed by atoms with E-state index in [4.69, 9.17) is 14.7 Å². The number of aromatic nitrogens is 5. The van der Waals surface area contributed by atoms with E-state index in [1.807, 2.05) is 37.6 Å². The molecule has 10 nitrogen and oxygen atoms in total. The molecule has 2 atom stereocenters.